The highest BCUT2D eigenvalue weighted by molar-refractivity contribution is 6.20. The third-order valence-electron chi connectivity index (χ3n) is 10.6. The number of carbonyl (C=O) groups is 1. The second kappa shape index (κ2) is 8.14. The maximum atomic E-state index is 13.3. The van der Waals surface area contributed by atoms with E-state index in [1.54, 1.807) is 0 Å². The van der Waals surface area contributed by atoms with Crippen molar-refractivity contribution < 1.29 is 4.79 Å². The molecule has 0 heterocycles. The highest BCUT2D eigenvalue weighted by Gasteiger charge is 2.62. The first-order valence-corrected chi connectivity index (χ1v) is 13.3. The SMILES string of the molecule is CC(C)CCC[C@@H](C)[C@H]1CC[C@H]2[C@@H]3CC(=O)[C@H]4C[C@@H](Cl)CC[C@]4(C)[C@H]3CC[C@]12C. The Hall–Kier alpha value is -0.0400. The van der Waals surface area contributed by atoms with Crippen LogP contribution in [0.3, 0.4) is 0 Å². The highest BCUT2D eigenvalue weighted by atomic mass is 35.5. The Morgan fingerprint density at radius 3 is 2.38 bits per heavy atom. The molecule has 0 spiro atoms. The lowest BCUT2D eigenvalue weighted by Crippen LogP contribution is -2.56. The summed E-state index contributed by atoms with van der Waals surface area (Å²) in [5, 5.41) is 0.227. The van der Waals surface area contributed by atoms with Crippen molar-refractivity contribution >= 4 is 17.4 Å². The van der Waals surface area contributed by atoms with Crippen molar-refractivity contribution in [2.75, 3.05) is 0 Å². The smallest absolute Gasteiger partial charge is 0.136 e. The summed E-state index contributed by atoms with van der Waals surface area (Å²) in [6.45, 7) is 12.3. The molecule has 9 atom stereocenters. The number of ketones is 1. The van der Waals surface area contributed by atoms with E-state index in [0.29, 0.717) is 17.1 Å². The minimum atomic E-state index is 0.227. The Balaban J connectivity index is 1.50. The molecular weight excluding hydrogens is 376 g/mol. The number of halogens is 1. The van der Waals surface area contributed by atoms with Gasteiger partial charge in [-0.1, -0.05) is 53.9 Å². The number of alkyl halides is 1. The van der Waals surface area contributed by atoms with Gasteiger partial charge in [0.1, 0.15) is 5.78 Å². The predicted molar refractivity (Wildman–Crippen MR) is 123 cm³/mol. The molecule has 4 fully saturated rings. The van der Waals surface area contributed by atoms with E-state index in [2.05, 4.69) is 34.6 Å². The van der Waals surface area contributed by atoms with Crippen LogP contribution in [0.25, 0.3) is 0 Å². The van der Waals surface area contributed by atoms with Gasteiger partial charge in [0.15, 0.2) is 0 Å². The summed E-state index contributed by atoms with van der Waals surface area (Å²) in [5.74, 6) is 5.57. The molecule has 4 aliphatic carbocycles. The minimum absolute atomic E-state index is 0.227. The van der Waals surface area contributed by atoms with Crippen molar-refractivity contribution in [1.82, 2.24) is 0 Å². The van der Waals surface area contributed by atoms with Crippen molar-refractivity contribution in [1.29, 1.82) is 0 Å². The minimum Gasteiger partial charge on any atom is -0.299 e. The van der Waals surface area contributed by atoms with Crippen LogP contribution in [0.2, 0.25) is 0 Å². The molecule has 0 amide bonds. The molecule has 4 aliphatic rings. The van der Waals surface area contributed by atoms with Gasteiger partial charge < -0.3 is 0 Å². The standard InChI is InChI=1S/C27H45ClO/c1-17(2)7-6-8-18(3)21-9-10-22-20-16-25(29)24-15-19(28)11-13-27(24,5)23(20)12-14-26(21,22)4/h17-24H,6-16H2,1-5H3/t18-,19+,20+,21-,22+,23+,24-,26-,27-/m1/s1. The zero-order chi connectivity index (χ0) is 21.0. The largest absolute Gasteiger partial charge is 0.299 e. The molecule has 0 N–H and O–H groups in total. The van der Waals surface area contributed by atoms with Crippen LogP contribution in [0.5, 0.6) is 0 Å². The molecule has 0 aliphatic heterocycles. The van der Waals surface area contributed by atoms with E-state index in [4.69, 9.17) is 11.6 Å². The quantitative estimate of drug-likeness (QED) is 0.413. The average Bonchev–Trinajstić information content (AvgIpc) is 3.00. The summed E-state index contributed by atoms with van der Waals surface area (Å²) < 4.78 is 0. The fourth-order valence-corrected chi connectivity index (χ4v) is 9.31. The van der Waals surface area contributed by atoms with Crippen LogP contribution in [-0.4, -0.2) is 11.2 Å². The summed E-state index contributed by atoms with van der Waals surface area (Å²) >= 11 is 6.51. The molecule has 0 radical (unpaired) electrons. The first-order valence-electron chi connectivity index (χ1n) is 12.8. The molecule has 4 rings (SSSR count). The predicted octanol–water partition coefficient (Wildman–Crippen LogP) is 7.89. The third-order valence-corrected chi connectivity index (χ3v) is 11.0. The van der Waals surface area contributed by atoms with Crippen LogP contribution < -0.4 is 0 Å². The van der Waals surface area contributed by atoms with Crippen molar-refractivity contribution in [2.24, 2.45) is 52.3 Å². The van der Waals surface area contributed by atoms with Gasteiger partial charge in [-0.05, 0) is 91.3 Å². The van der Waals surface area contributed by atoms with Crippen molar-refractivity contribution in [2.45, 2.75) is 111 Å². The Kier molecular flexibility index (Phi) is 6.22. The van der Waals surface area contributed by atoms with E-state index in [-0.39, 0.29) is 16.7 Å². The first-order chi connectivity index (χ1) is 13.7. The van der Waals surface area contributed by atoms with Gasteiger partial charge in [0, 0.05) is 17.7 Å². The fourth-order valence-electron chi connectivity index (χ4n) is 9.02. The zero-order valence-corrected chi connectivity index (χ0v) is 20.4. The van der Waals surface area contributed by atoms with E-state index in [9.17, 15) is 4.79 Å². The van der Waals surface area contributed by atoms with E-state index < -0.39 is 0 Å². The average molecular weight is 421 g/mol. The van der Waals surface area contributed by atoms with Gasteiger partial charge in [0.2, 0.25) is 0 Å². The van der Waals surface area contributed by atoms with Crippen LogP contribution in [0, 0.1) is 52.3 Å². The number of hydrogen-bond acceptors (Lipinski definition) is 1. The van der Waals surface area contributed by atoms with Gasteiger partial charge in [-0.3, -0.25) is 4.79 Å². The van der Waals surface area contributed by atoms with Gasteiger partial charge >= 0.3 is 0 Å². The van der Waals surface area contributed by atoms with E-state index in [1.807, 2.05) is 0 Å². The van der Waals surface area contributed by atoms with Crippen molar-refractivity contribution in [3.63, 3.8) is 0 Å². The molecule has 4 saturated carbocycles. The summed E-state index contributed by atoms with van der Waals surface area (Å²) in [6.07, 6.45) is 13.8. The topological polar surface area (TPSA) is 17.1 Å². The molecule has 0 aromatic heterocycles. The van der Waals surface area contributed by atoms with Crippen LogP contribution >= 0.6 is 11.6 Å². The summed E-state index contributed by atoms with van der Waals surface area (Å²) in [5.41, 5.74) is 0.708. The van der Waals surface area contributed by atoms with E-state index >= 15 is 0 Å². The summed E-state index contributed by atoms with van der Waals surface area (Å²) in [4.78, 5) is 13.3. The lowest BCUT2D eigenvalue weighted by Gasteiger charge is -2.60. The third kappa shape index (κ3) is 3.74. The lowest BCUT2D eigenvalue weighted by atomic mass is 9.44. The molecule has 2 heteroatoms. The Bertz CT molecular complexity index is 614. The van der Waals surface area contributed by atoms with E-state index in [1.165, 1.54) is 51.4 Å². The highest BCUT2D eigenvalue weighted by Crippen LogP contribution is 2.68. The molecule has 0 aromatic carbocycles. The second-order valence-corrected chi connectivity index (χ2v) is 13.1. The molecule has 166 valence electrons. The molecule has 1 nitrogen and oxygen atoms in total. The zero-order valence-electron chi connectivity index (χ0n) is 19.7. The van der Waals surface area contributed by atoms with E-state index in [0.717, 1.165) is 48.9 Å². The molecule has 0 unspecified atom stereocenters. The molecule has 0 saturated heterocycles. The molecule has 0 bridgehead atoms. The fraction of sp³-hybridized carbons (Fsp3) is 0.963. The normalized spacial score (nSPS) is 48.2. The Labute approximate surface area is 185 Å². The summed E-state index contributed by atoms with van der Waals surface area (Å²) in [7, 11) is 0. The maximum absolute atomic E-state index is 13.3. The summed E-state index contributed by atoms with van der Waals surface area (Å²) in [6, 6.07) is 0. The van der Waals surface area contributed by atoms with Gasteiger partial charge in [-0.15, -0.1) is 11.6 Å². The second-order valence-electron chi connectivity index (χ2n) is 12.5. The maximum Gasteiger partial charge on any atom is 0.136 e. The van der Waals surface area contributed by atoms with Crippen LogP contribution in [0.1, 0.15) is 105 Å². The molecule has 29 heavy (non-hydrogen) atoms. The number of hydrogen-bond donors (Lipinski definition) is 0. The number of rotatable bonds is 5. The molecule has 0 aromatic rings. The van der Waals surface area contributed by atoms with Gasteiger partial charge in [-0.25, -0.2) is 0 Å². The van der Waals surface area contributed by atoms with Gasteiger partial charge in [-0.2, -0.15) is 0 Å². The first kappa shape index (κ1) is 22.2. The van der Waals surface area contributed by atoms with Gasteiger partial charge in [0.25, 0.3) is 0 Å². The van der Waals surface area contributed by atoms with Gasteiger partial charge in [0.05, 0.1) is 0 Å². The van der Waals surface area contributed by atoms with Crippen LogP contribution in [0.15, 0.2) is 0 Å². The van der Waals surface area contributed by atoms with Crippen molar-refractivity contribution in [3.8, 4) is 0 Å². The van der Waals surface area contributed by atoms with Crippen LogP contribution in [-0.2, 0) is 4.79 Å². The number of carbonyl (C=O) groups excluding carboxylic acids is 1. The Morgan fingerprint density at radius 1 is 0.966 bits per heavy atom. The molecular formula is C27H45ClO. The monoisotopic (exact) mass is 420 g/mol. The Morgan fingerprint density at radius 2 is 1.66 bits per heavy atom. The number of Topliss-reactive ketones (excluding diaryl/α,β-unsaturated/α-hetero) is 1. The lowest BCUT2D eigenvalue weighted by molar-refractivity contribution is -0.154. The van der Waals surface area contributed by atoms with Crippen LogP contribution in [0.4, 0.5) is 0 Å². The van der Waals surface area contributed by atoms with Crippen molar-refractivity contribution in [3.05, 3.63) is 0 Å². The number of fused-ring (bicyclic) bond motifs is 5.